The molecule has 0 saturated heterocycles. The Bertz CT molecular complexity index is 1180. The average molecular weight is 372 g/mol. The predicted molar refractivity (Wildman–Crippen MR) is 109 cm³/mol. The zero-order valence-electron chi connectivity index (χ0n) is 15.3. The molecule has 0 unspecified atom stereocenters. The molecule has 2 aromatic heterocycles. The van der Waals surface area contributed by atoms with Crippen molar-refractivity contribution in [2.45, 2.75) is 31.7 Å². The van der Waals surface area contributed by atoms with Gasteiger partial charge in [0.25, 0.3) is 5.78 Å². The summed E-state index contributed by atoms with van der Waals surface area (Å²) in [5, 5.41) is 0.889. The third-order valence-corrected chi connectivity index (χ3v) is 5.29. The van der Waals surface area contributed by atoms with E-state index < -0.39 is 0 Å². The molecule has 0 aliphatic heterocycles. The lowest BCUT2D eigenvalue weighted by Crippen LogP contribution is -2.16. The first-order chi connectivity index (χ1) is 13.7. The lowest BCUT2D eigenvalue weighted by atomic mass is 10.1. The maximum absolute atomic E-state index is 12.8. The normalized spacial score (nSPS) is 15.6. The van der Waals surface area contributed by atoms with E-state index >= 15 is 0 Å². The Morgan fingerprint density at radius 3 is 2.79 bits per heavy atom. The molecule has 140 valence electrons. The summed E-state index contributed by atoms with van der Waals surface area (Å²) < 4.78 is 5.67. The van der Waals surface area contributed by atoms with Crippen molar-refractivity contribution in [1.29, 1.82) is 0 Å². The molecule has 2 heterocycles. The number of hydrogen-bond acceptors (Lipinski definition) is 4. The van der Waals surface area contributed by atoms with Crippen molar-refractivity contribution in [3.05, 3.63) is 65.7 Å². The number of nitrogens with zero attached hydrogens (tertiary/aromatic N) is 2. The molecule has 3 N–H and O–H groups in total. The van der Waals surface area contributed by atoms with Crippen LogP contribution >= 0.6 is 0 Å². The monoisotopic (exact) mass is 372 g/mol. The SMILES string of the molecule is NC(=NC1CCCC1)c1ccc2nc(C(=O)c3cc4ccccc4o3)[nH]c2c1. The van der Waals surface area contributed by atoms with Gasteiger partial charge in [-0.2, -0.15) is 0 Å². The summed E-state index contributed by atoms with van der Waals surface area (Å²) in [6, 6.07) is 15.2. The standard InChI is InChI=1S/C22H20N4O2/c23-21(24-15-6-2-3-7-15)14-9-10-16-17(11-14)26-22(25-16)20(27)19-12-13-5-1-4-8-18(13)28-19/h1,4-5,8-12,15H,2-3,6-7H2,(H2,23,24)(H,25,26). The second-order valence-electron chi connectivity index (χ2n) is 7.25. The molecular weight excluding hydrogens is 352 g/mol. The van der Waals surface area contributed by atoms with Gasteiger partial charge in [-0.15, -0.1) is 0 Å². The number of ketones is 1. The largest absolute Gasteiger partial charge is 0.452 e. The number of hydrogen-bond donors (Lipinski definition) is 2. The molecule has 0 bridgehead atoms. The van der Waals surface area contributed by atoms with Crippen LogP contribution in [-0.4, -0.2) is 27.6 Å². The van der Waals surface area contributed by atoms with E-state index in [1.807, 2.05) is 42.5 Å². The topological polar surface area (TPSA) is 97.3 Å². The van der Waals surface area contributed by atoms with Gasteiger partial charge in [0.1, 0.15) is 11.4 Å². The maximum atomic E-state index is 12.8. The summed E-state index contributed by atoms with van der Waals surface area (Å²) in [5.74, 6) is 0.774. The zero-order valence-corrected chi connectivity index (χ0v) is 15.3. The average Bonchev–Trinajstić information content (AvgIpc) is 3.45. The Morgan fingerprint density at radius 2 is 1.96 bits per heavy atom. The van der Waals surface area contributed by atoms with Crippen LogP contribution in [0, 0.1) is 0 Å². The smallest absolute Gasteiger partial charge is 0.263 e. The number of carbonyl (C=O) groups is 1. The fraction of sp³-hybridized carbons (Fsp3) is 0.227. The van der Waals surface area contributed by atoms with Gasteiger partial charge in [-0.05, 0) is 43.2 Å². The second kappa shape index (κ2) is 6.64. The lowest BCUT2D eigenvalue weighted by molar-refractivity contribution is 0.100. The number of nitrogens with two attached hydrogens (primary N) is 1. The van der Waals surface area contributed by atoms with Crippen molar-refractivity contribution < 1.29 is 9.21 Å². The molecule has 0 spiro atoms. The highest BCUT2D eigenvalue weighted by Crippen LogP contribution is 2.23. The Balaban J connectivity index is 1.46. The molecular formula is C22H20N4O2. The molecule has 1 aliphatic carbocycles. The highest BCUT2D eigenvalue weighted by Gasteiger charge is 2.19. The number of carbonyl (C=O) groups excluding carboxylic acids is 1. The molecule has 0 radical (unpaired) electrons. The van der Waals surface area contributed by atoms with Crippen LogP contribution in [0.3, 0.4) is 0 Å². The van der Waals surface area contributed by atoms with E-state index in [0.717, 1.165) is 29.3 Å². The van der Waals surface area contributed by atoms with Crippen molar-refractivity contribution in [2.75, 3.05) is 0 Å². The number of aliphatic imine (C=N–C) groups is 1. The number of para-hydroxylation sites is 1. The number of benzene rings is 2. The first-order valence-electron chi connectivity index (χ1n) is 9.54. The minimum absolute atomic E-state index is 0.248. The van der Waals surface area contributed by atoms with Crippen LogP contribution in [0.1, 0.15) is 47.6 Å². The number of nitrogens with one attached hydrogen (secondary N) is 1. The van der Waals surface area contributed by atoms with Gasteiger partial charge in [0.15, 0.2) is 11.6 Å². The van der Waals surface area contributed by atoms with E-state index in [1.54, 1.807) is 6.07 Å². The fourth-order valence-electron chi connectivity index (χ4n) is 3.79. The van der Waals surface area contributed by atoms with Crippen molar-refractivity contribution in [1.82, 2.24) is 9.97 Å². The molecule has 6 heteroatoms. The van der Waals surface area contributed by atoms with Gasteiger partial charge < -0.3 is 15.1 Å². The van der Waals surface area contributed by atoms with E-state index in [-0.39, 0.29) is 17.4 Å². The van der Waals surface area contributed by atoms with Crippen molar-refractivity contribution in [3.8, 4) is 0 Å². The van der Waals surface area contributed by atoms with Crippen LogP contribution in [0.4, 0.5) is 0 Å². The van der Waals surface area contributed by atoms with Gasteiger partial charge in [-0.1, -0.05) is 31.0 Å². The van der Waals surface area contributed by atoms with Gasteiger partial charge in [0.2, 0.25) is 0 Å². The number of fused-ring (bicyclic) bond motifs is 2. The number of furan rings is 1. The summed E-state index contributed by atoms with van der Waals surface area (Å²) in [6.07, 6.45) is 4.63. The summed E-state index contributed by atoms with van der Waals surface area (Å²) in [4.78, 5) is 25.0. The molecule has 1 aliphatic rings. The number of imidazole rings is 1. The number of rotatable bonds is 4. The van der Waals surface area contributed by atoms with Gasteiger partial charge >= 0.3 is 0 Å². The molecule has 2 aromatic carbocycles. The first-order valence-corrected chi connectivity index (χ1v) is 9.54. The van der Waals surface area contributed by atoms with Crippen LogP contribution in [0.25, 0.3) is 22.0 Å². The lowest BCUT2D eigenvalue weighted by Gasteiger charge is -2.05. The highest BCUT2D eigenvalue weighted by molar-refractivity contribution is 6.08. The number of aromatic nitrogens is 2. The number of amidine groups is 1. The Labute approximate surface area is 161 Å². The molecule has 1 fully saturated rings. The van der Waals surface area contributed by atoms with Gasteiger partial charge in [-0.25, -0.2) is 4.98 Å². The van der Waals surface area contributed by atoms with Crippen LogP contribution in [0.2, 0.25) is 0 Å². The van der Waals surface area contributed by atoms with Crippen molar-refractivity contribution in [3.63, 3.8) is 0 Å². The van der Waals surface area contributed by atoms with Crippen molar-refractivity contribution in [2.24, 2.45) is 10.7 Å². The Hall–Kier alpha value is -3.41. The fourth-order valence-corrected chi connectivity index (χ4v) is 3.79. The van der Waals surface area contributed by atoms with Crippen LogP contribution < -0.4 is 5.73 Å². The number of aromatic amines is 1. The van der Waals surface area contributed by atoms with E-state index in [1.165, 1.54) is 12.8 Å². The third kappa shape index (κ3) is 2.97. The molecule has 28 heavy (non-hydrogen) atoms. The van der Waals surface area contributed by atoms with Crippen LogP contribution in [0.5, 0.6) is 0 Å². The van der Waals surface area contributed by atoms with E-state index in [0.29, 0.717) is 23.0 Å². The zero-order chi connectivity index (χ0) is 19.1. The molecule has 0 atom stereocenters. The minimum Gasteiger partial charge on any atom is -0.452 e. The van der Waals surface area contributed by atoms with Crippen molar-refractivity contribution >= 4 is 33.6 Å². The minimum atomic E-state index is -0.276. The third-order valence-electron chi connectivity index (χ3n) is 5.29. The summed E-state index contributed by atoms with van der Waals surface area (Å²) in [5.41, 5.74) is 9.18. The quantitative estimate of drug-likeness (QED) is 0.319. The van der Waals surface area contributed by atoms with Gasteiger partial charge in [0.05, 0.1) is 17.1 Å². The first kappa shape index (κ1) is 16.7. The van der Waals surface area contributed by atoms with Gasteiger partial charge in [-0.3, -0.25) is 9.79 Å². The van der Waals surface area contributed by atoms with Gasteiger partial charge in [0, 0.05) is 10.9 Å². The molecule has 0 amide bonds. The summed E-state index contributed by atoms with van der Waals surface area (Å²) in [6.45, 7) is 0. The van der Waals surface area contributed by atoms with E-state index in [4.69, 9.17) is 10.2 Å². The molecule has 4 aromatic rings. The molecule has 5 rings (SSSR count). The highest BCUT2D eigenvalue weighted by atomic mass is 16.3. The maximum Gasteiger partial charge on any atom is 0.263 e. The van der Waals surface area contributed by atoms with E-state index in [2.05, 4.69) is 15.0 Å². The molecule has 6 nitrogen and oxygen atoms in total. The summed E-state index contributed by atoms with van der Waals surface area (Å²) in [7, 11) is 0. The Morgan fingerprint density at radius 1 is 1.14 bits per heavy atom. The van der Waals surface area contributed by atoms with Crippen LogP contribution in [-0.2, 0) is 0 Å². The summed E-state index contributed by atoms with van der Waals surface area (Å²) >= 11 is 0. The number of H-pyrrole nitrogens is 1. The Kier molecular flexibility index (Phi) is 3.97. The molecule has 1 saturated carbocycles. The predicted octanol–water partition coefficient (Wildman–Crippen LogP) is 4.19. The van der Waals surface area contributed by atoms with Crippen LogP contribution in [0.15, 0.2) is 57.9 Å². The second-order valence-corrected chi connectivity index (χ2v) is 7.25. The van der Waals surface area contributed by atoms with E-state index in [9.17, 15) is 4.79 Å².